The monoisotopic (exact) mass is 525 g/mol. The van der Waals surface area contributed by atoms with Gasteiger partial charge in [-0.1, -0.05) is 32.4 Å². The van der Waals surface area contributed by atoms with Crippen LogP contribution in [0.3, 0.4) is 0 Å². The molecule has 0 bridgehead atoms. The number of nitrogen functional groups attached to an aromatic ring is 1. The van der Waals surface area contributed by atoms with Crippen molar-refractivity contribution in [2.45, 2.75) is 64.6 Å². The number of halogens is 2. The summed E-state index contributed by atoms with van der Waals surface area (Å²) in [4.78, 5) is 15.5. The zero-order valence-electron chi connectivity index (χ0n) is 19.0. The van der Waals surface area contributed by atoms with Crippen molar-refractivity contribution in [1.29, 1.82) is 0 Å². The Morgan fingerprint density at radius 3 is 2.58 bits per heavy atom. The molecule has 1 atom stereocenters. The highest BCUT2D eigenvalue weighted by atomic mass is 79.9. The van der Waals surface area contributed by atoms with Crippen LogP contribution in [0.25, 0.3) is 0 Å². The van der Waals surface area contributed by atoms with Gasteiger partial charge < -0.3 is 19.8 Å². The van der Waals surface area contributed by atoms with E-state index in [9.17, 15) is 0 Å². The number of anilines is 2. The van der Waals surface area contributed by atoms with E-state index < -0.39 is 5.60 Å². The summed E-state index contributed by atoms with van der Waals surface area (Å²) in [5.41, 5.74) is 8.23. The highest BCUT2D eigenvalue weighted by molar-refractivity contribution is 9.10. The summed E-state index contributed by atoms with van der Waals surface area (Å²) >= 11 is 10.1. The molecule has 1 aliphatic rings. The minimum atomic E-state index is -0.460. The SMILES string of the molecule is COc1c(Br)cnc(CN2CC(C(C)(C)O[Si]C(C)(C)C)c3c(Cl)nc(N)nc32)c1C. The third-order valence-corrected chi connectivity index (χ3v) is 7.37. The number of methoxy groups -OCH3 is 1. The molecule has 2 aromatic heterocycles. The van der Waals surface area contributed by atoms with Crippen molar-refractivity contribution in [3.05, 3.63) is 32.6 Å². The van der Waals surface area contributed by atoms with Gasteiger partial charge in [0.05, 0.1) is 29.4 Å². The highest BCUT2D eigenvalue weighted by Gasteiger charge is 2.43. The summed E-state index contributed by atoms with van der Waals surface area (Å²) in [6.07, 6.45) is 1.76. The van der Waals surface area contributed by atoms with Crippen molar-refractivity contribution in [2.75, 3.05) is 24.3 Å². The van der Waals surface area contributed by atoms with Crippen LogP contribution in [-0.4, -0.2) is 44.0 Å². The topological polar surface area (TPSA) is 86.4 Å². The first-order valence-electron chi connectivity index (χ1n) is 10.0. The number of nitrogens with zero attached hydrogens (tertiary/aromatic N) is 4. The lowest BCUT2D eigenvalue weighted by molar-refractivity contribution is 0.0828. The van der Waals surface area contributed by atoms with Crippen LogP contribution in [0, 0.1) is 6.92 Å². The molecule has 1 unspecified atom stereocenters. The van der Waals surface area contributed by atoms with Crippen molar-refractivity contribution in [2.24, 2.45) is 0 Å². The molecule has 0 aliphatic carbocycles. The summed E-state index contributed by atoms with van der Waals surface area (Å²) in [6.45, 7) is 13.9. The Balaban J connectivity index is 1.98. The molecule has 168 valence electrons. The Bertz CT molecular complexity index is 983. The second-order valence-corrected chi connectivity index (χ2v) is 12.4. The fourth-order valence-corrected chi connectivity index (χ4v) is 5.22. The number of nitrogens with two attached hydrogens (primary N) is 1. The number of ether oxygens (including phenoxy) is 1. The summed E-state index contributed by atoms with van der Waals surface area (Å²) in [6, 6.07) is 0. The van der Waals surface area contributed by atoms with Gasteiger partial charge in [0.15, 0.2) is 0 Å². The second-order valence-electron chi connectivity index (χ2n) is 9.31. The van der Waals surface area contributed by atoms with Crippen molar-refractivity contribution in [1.82, 2.24) is 15.0 Å². The molecule has 1 aliphatic heterocycles. The van der Waals surface area contributed by atoms with Crippen LogP contribution >= 0.6 is 27.5 Å². The molecule has 0 saturated heterocycles. The first-order chi connectivity index (χ1) is 14.3. The first-order valence-corrected chi connectivity index (χ1v) is 12.1. The predicted molar refractivity (Wildman–Crippen MR) is 129 cm³/mol. The molecular weight excluding hydrogens is 498 g/mol. The van der Waals surface area contributed by atoms with E-state index in [1.165, 1.54) is 0 Å². The zero-order valence-corrected chi connectivity index (χ0v) is 22.3. The maximum atomic E-state index is 6.58. The Labute approximate surface area is 200 Å². The standard InChI is InChI=1S/C21H29BrClN5O2Si/c1-11-14(25-8-13(22)16(11)29-7)10-28-9-12(21(5,6)30-31-20(2,3)4)15-17(23)26-19(24)27-18(15)28/h8,12H,9-10H2,1-7H3,(H2,24,26,27). The van der Waals surface area contributed by atoms with Gasteiger partial charge in [-0.2, -0.15) is 4.98 Å². The largest absolute Gasteiger partial charge is 0.495 e. The van der Waals surface area contributed by atoms with E-state index in [2.05, 4.69) is 70.4 Å². The summed E-state index contributed by atoms with van der Waals surface area (Å²) in [5, 5.41) is 0.457. The van der Waals surface area contributed by atoms with Crippen LogP contribution in [-0.2, 0) is 11.0 Å². The fourth-order valence-electron chi connectivity index (χ4n) is 3.64. The summed E-state index contributed by atoms with van der Waals surface area (Å²) in [7, 11) is 2.00. The van der Waals surface area contributed by atoms with Gasteiger partial charge in [0.2, 0.25) is 15.7 Å². The molecule has 0 fully saturated rings. The second kappa shape index (κ2) is 8.84. The van der Waals surface area contributed by atoms with Gasteiger partial charge in [-0.25, -0.2) is 4.98 Å². The molecule has 10 heteroatoms. The van der Waals surface area contributed by atoms with Gasteiger partial charge in [-0.3, -0.25) is 4.98 Å². The lowest BCUT2D eigenvalue weighted by atomic mass is 9.87. The Morgan fingerprint density at radius 2 is 1.97 bits per heavy atom. The van der Waals surface area contributed by atoms with E-state index >= 15 is 0 Å². The van der Waals surface area contributed by atoms with Gasteiger partial charge in [0.1, 0.15) is 16.7 Å². The Hall–Kier alpha value is -1.42. The van der Waals surface area contributed by atoms with Gasteiger partial charge >= 0.3 is 0 Å². The number of fused-ring (bicyclic) bond motifs is 1. The van der Waals surface area contributed by atoms with E-state index in [0.29, 0.717) is 28.0 Å². The Morgan fingerprint density at radius 1 is 1.29 bits per heavy atom. The molecule has 0 spiro atoms. The molecule has 31 heavy (non-hydrogen) atoms. The normalized spacial score (nSPS) is 16.5. The van der Waals surface area contributed by atoms with Crippen LogP contribution in [0.15, 0.2) is 10.7 Å². The van der Waals surface area contributed by atoms with Crippen molar-refractivity contribution >= 4 is 49.1 Å². The first kappa shape index (κ1) is 24.2. The average Bonchev–Trinajstić information content (AvgIpc) is 3.02. The van der Waals surface area contributed by atoms with Gasteiger partial charge in [0.25, 0.3) is 0 Å². The van der Waals surface area contributed by atoms with Crippen LogP contribution in [0.4, 0.5) is 11.8 Å². The molecule has 0 aromatic carbocycles. The highest BCUT2D eigenvalue weighted by Crippen LogP contribution is 2.46. The molecular formula is C21H29BrClN5O2Si. The van der Waals surface area contributed by atoms with E-state index in [0.717, 1.165) is 32.9 Å². The summed E-state index contributed by atoms with van der Waals surface area (Å²) in [5.74, 6) is 1.66. The molecule has 2 aromatic rings. The van der Waals surface area contributed by atoms with Crippen molar-refractivity contribution in [3.63, 3.8) is 0 Å². The van der Waals surface area contributed by atoms with E-state index in [1.807, 2.05) is 6.92 Å². The minimum absolute atomic E-state index is 0.0110. The van der Waals surface area contributed by atoms with E-state index in [4.69, 9.17) is 26.5 Å². The maximum Gasteiger partial charge on any atom is 0.236 e. The average molecular weight is 527 g/mol. The third kappa shape index (κ3) is 5.15. The lowest BCUT2D eigenvalue weighted by Gasteiger charge is -2.35. The molecule has 2 N–H and O–H groups in total. The summed E-state index contributed by atoms with van der Waals surface area (Å²) < 4.78 is 12.8. The maximum absolute atomic E-state index is 6.58. The molecule has 0 saturated carbocycles. The van der Waals surface area contributed by atoms with E-state index in [1.54, 1.807) is 13.3 Å². The zero-order chi connectivity index (χ0) is 23.1. The Kier molecular flexibility index (Phi) is 6.91. The molecule has 3 heterocycles. The third-order valence-electron chi connectivity index (χ3n) is 5.28. The van der Waals surface area contributed by atoms with Crippen molar-refractivity contribution in [3.8, 4) is 5.75 Å². The molecule has 7 nitrogen and oxygen atoms in total. The number of hydrogen-bond acceptors (Lipinski definition) is 7. The molecule has 3 rings (SSSR count). The fraction of sp³-hybridized carbons (Fsp3) is 0.571. The number of pyridine rings is 1. The van der Waals surface area contributed by atoms with Crippen LogP contribution in [0.5, 0.6) is 5.75 Å². The lowest BCUT2D eigenvalue weighted by Crippen LogP contribution is -2.38. The predicted octanol–water partition coefficient (Wildman–Crippen LogP) is 4.92. The van der Waals surface area contributed by atoms with Gasteiger partial charge in [0, 0.05) is 29.8 Å². The number of rotatable bonds is 6. The smallest absolute Gasteiger partial charge is 0.236 e. The van der Waals surface area contributed by atoms with Crippen LogP contribution in [0.2, 0.25) is 10.2 Å². The quantitative estimate of drug-likeness (QED) is 0.422. The molecule has 0 amide bonds. The van der Waals surface area contributed by atoms with E-state index in [-0.39, 0.29) is 16.9 Å². The minimum Gasteiger partial charge on any atom is -0.495 e. The van der Waals surface area contributed by atoms with Gasteiger partial charge in [-0.15, -0.1) is 0 Å². The molecule has 2 radical (unpaired) electrons. The number of hydrogen-bond donors (Lipinski definition) is 1. The van der Waals surface area contributed by atoms with Crippen LogP contribution in [0.1, 0.15) is 57.4 Å². The van der Waals surface area contributed by atoms with Gasteiger partial charge in [-0.05, 0) is 41.7 Å². The van der Waals surface area contributed by atoms with Crippen molar-refractivity contribution < 1.29 is 9.16 Å². The number of aromatic nitrogens is 3. The van der Waals surface area contributed by atoms with Crippen LogP contribution < -0.4 is 15.4 Å².